The van der Waals surface area contributed by atoms with Gasteiger partial charge in [-0.05, 0) is 29.7 Å². The van der Waals surface area contributed by atoms with Crippen molar-refractivity contribution in [1.82, 2.24) is 10.3 Å². The lowest BCUT2D eigenvalue weighted by Crippen LogP contribution is -2.31. The lowest BCUT2D eigenvalue weighted by atomic mass is 9.95. The summed E-state index contributed by atoms with van der Waals surface area (Å²) in [6, 6.07) is 15.7. The summed E-state index contributed by atoms with van der Waals surface area (Å²) in [7, 11) is 0. The molecule has 1 N–H and O–H groups in total. The number of hydrogen-bond donors (Lipinski definition) is 1. The highest BCUT2D eigenvalue weighted by Gasteiger charge is 2.19. The zero-order chi connectivity index (χ0) is 15.5. The van der Waals surface area contributed by atoms with Gasteiger partial charge in [0.25, 0.3) is 5.91 Å². The Morgan fingerprint density at radius 2 is 1.91 bits per heavy atom. The van der Waals surface area contributed by atoms with Crippen LogP contribution in [0.1, 0.15) is 35.8 Å². The Morgan fingerprint density at radius 1 is 1.14 bits per heavy atom. The van der Waals surface area contributed by atoms with Gasteiger partial charge in [0.2, 0.25) is 0 Å². The molecule has 0 aliphatic carbocycles. The molecule has 0 spiro atoms. The third kappa shape index (κ3) is 3.02. The standard InChI is InChI=1S/C18H18N2OS/c1-12(2)17(13-6-4-3-5-7-13)20-18(21)14-8-9-15-16(10-14)22-11-19-15/h3-12,17H,1-2H3,(H,20,21). The van der Waals surface area contributed by atoms with Gasteiger partial charge in [-0.15, -0.1) is 11.3 Å². The summed E-state index contributed by atoms with van der Waals surface area (Å²) in [5, 5.41) is 3.15. The van der Waals surface area contributed by atoms with Crippen LogP contribution in [0.2, 0.25) is 0 Å². The van der Waals surface area contributed by atoms with Crippen LogP contribution in [-0.4, -0.2) is 10.9 Å². The van der Waals surface area contributed by atoms with E-state index in [-0.39, 0.29) is 11.9 Å². The molecule has 2 aromatic carbocycles. The summed E-state index contributed by atoms with van der Waals surface area (Å²) >= 11 is 1.55. The summed E-state index contributed by atoms with van der Waals surface area (Å²) in [5.41, 5.74) is 4.54. The maximum atomic E-state index is 12.6. The molecule has 112 valence electrons. The van der Waals surface area contributed by atoms with Gasteiger partial charge in [0, 0.05) is 5.56 Å². The predicted octanol–water partition coefficient (Wildman–Crippen LogP) is 4.42. The molecular formula is C18H18N2OS. The fourth-order valence-electron chi connectivity index (χ4n) is 2.52. The Bertz CT molecular complexity index is 780. The average Bonchev–Trinajstić information content (AvgIpc) is 3.00. The molecule has 3 nitrogen and oxygen atoms in total. The SMILES string of the molecule is CC(C)C(NC(=O)c1ccc2ncsc2c1)c1ccccc1. The third-order valence-corrected chi connectivity index (χ3v) is 4.50. The van der Waals surface area contributed by atoms with Crippen molar-refractivity contribution in [3.8, 4) is 0 Å². The minimum atomic E-state index is -0.0437. The summed E-state index contributed by atoms with van der Waals surface area (Å²) in [4.78, 5) is 16.8. The minimum Gasteiger partial charge on any atom is -0.345 e. The van der Waals surface area contributed by atoms with Crippen molar-refractivity contribution in [2.75, 3.05) is 0 Å². The second kappa shape index (κ2) is 6.28. The first kappa shape index (κ1) is 14.7. The molecule has 1 amide bonds. The topological polar surface area (TPSA) is 42.0 Å². The third-order valence-electron chi connectivity index (χ3n) is 3.71. The maximum absolute atomic E-state index is 12.6. The Morgan fingerprint density at radius 3 is 2.64 bits per heavy atom. The molecule has 3 aromatic rings. The van der Waals surface area contributed by atoms with E-state index in [1.54, 1.807) is 16.8 Å². The first-order valence-corrected chi connectivity index (χ1v) is 8.22. The van der Waals surface area contributed by atoms with Gasteiger partial charge in [-0.2, -0.15) is 0 Å². The van der Waals surface area contributed by atoms with Gasteiger partial charge < -0.3 is 5.32 Å². The molecule has 1 heterocycles. The van der Waals surface area contributed by atoms with Gasteiger partial charge in [-0.3, -0.25) is 4.79 Å². The molecule has 1 unspecified atom stereocenters. The van der Waals surface area contributed by atoms with Gasteiger partial charge in [-0.25, -0.2) is 4.98 Å². The highest BCUT2D eigenvalue weighted by molar-refractivity contribution is 7.16. The number of aromatic nitrogens is 1. The highest BCUT2D eigenvalue weighted by Crippen LogP contribution is 2.23. The Kier molecular flexibility index (Phi) is 4.20. The van der Waals surface area contributed by atoms with Crippen molar-refractivity contribution < 1.29 is 4.79 Å². The van der Waals surface area contributed by atoms with Gasteiger partial charge in [0.1, 0.15) is 0 Å². The predicted molar refractivity (Wildman–Crippen MR) is 91.1 cm³/mol. The fourth-order valence-corrected chi connectivity index (χ4v) is 3.23. The fraction of sp³-hybridized carbons (Fsp3) is 0.222. The van der Waals surface area contributed by atoms with Gasteiger partial charge in [0.15, 0.2) is 0 Å². The Balaban J connectivity index is 1.84. The van der Waals surface area contributed by atoms with Crippen molar-refractivity contribution in [2.45, 2.75) is 19.9 Å². The Labute approximate surface area is 134 Å². The summed E-state index contributed by atoms with van der Waals surface area (Å²) < 4.78 is 1.04. The summed E-state index contributed by atoms with van der Waals surface area (Å²) in [5.74, 6) is 0.274. The second-order valence-corrected chi connectivity index (χ2v) is 6.53. The van der Waals surface area contributed by atoms with Crippen LogP contribution in [0.3, 0.4) is 0 Å². The molecular weight excluding hydrogens is 292 g/mol. The number of thiazole rings is 1. The molecule has 0 saturated heterocycles. The van der Waals surface area contributed by atoms with Crippen LogP contribution in [0, 0.1) is 5.92 Å². The summed E-state index contributed by atoms with van der Waals surface area (Å²) in [6.07, 6.45) is 0. The van der Waals surface area contributed by atoms with Gasteiger partial charge in [0.05, 0.1) is 21.8 Å². The molecule has 0 saturated carbocycles. The molecule has 0 aliphatic rings. The highest BCUT2D eigenvalue weighted by atomic mass is 32.1. The molecule has 22 heavy (non-hydrogen) atoms. The van der Waals surface area contributed by atoms with E-state index in [2.05, 4.69) is 36.3 Å². The Hall–Kier alpha value is -2.20. The molecule has 0 fully saturated rings. The number of benzene rings is 2. The van der Waals surface area contributed by atoms with Crippen LogP contribution in [0.25, 0.3) is 10.2 Å². The van der Waals surface area contributed by atoms with Crippen molar-refractivity contribution in [3.63, 3.8) is 0 Å². The van der Waals surface area contributed by atoms with Gasteiger partial charge in [-0.1, -0.05) is 44.2 Å². The number of carbonyl (C=O) groups is 1. The maximum Gasteiger partial charge on any atom is 0.251 e. The molecule has 0 aliphatic heterocycles. The minimum absolute atomic E-state index is 0.00542. The lowest BCUT2D eigenvalue weighted by molar-refractivity contribution is 0.0926. The van der Waals surface area contributed by atoms with E-state index in [1.165, 1.54) is 0 Å². The van der Waals surface area contributed by atoms with Crippen molar-refractivity contribution in [1.29, 1.82) is 0 Å². The van der Waals surface area contributed by atoms with E-state index >= 15 is 0 Å². The number of carbonyl (C=O) groups excluding carboxylic acids is 1. The monoisotopic (exact) mass is 310 g/mol. The molecule has 0 bridgehead atoms. The van der Waals surface area contributed by atoms with E-state index < -0.39 is 0 Å². The number of hydrogen-bond acceptors (Lipinski definition) is 3. The normalized spacial score (nSPS) is 12.5. The average molecular weight is 310 g/mol. The van der Waals surface area contributed by atoms with Crippen LogP contribution in [0.15, 0.2) is 54.0 Å². The first-order chi connectivity index (χ1) is 10.6. The zero-order valence-electron chi connectivity index (χ0n) is 12.6. The van der Waals surface area contributed by atoms with Crippen LogP contribution < -0.4 is 5.32 Å². The largest absolute Gasteiger partial charge is 0.345 e. The first-order valence-electron chi connectivity index (χ1n) is 7.34. The number of rotatable bonds is 4. The van der Waals surface area contributed by atoms with Crippen LogP contribution >= 0.6 is 11.3 Å². The molecule has 0 radical (unpaired) electrons. The zero-order valence-corrected chi connectivity index (χ0v) is 13.4. The second-order valence-electron chi connectivity index (χ2n) is 5.64. The molecule has 4 heteroatoms. The van der Waals surface area contributed by atoms with E-state index in [9.17, 15) is 4.79 Å². The number of nitrogens with zero attached hydrogens (tertiary/aromatic N) is 1. The van der Waals surface area contributed by atoms with Crippen LogP contribution in [0.5, 0.6) is 0 Å². The van der Waals surface area contributed by atoms with E-state index in [4.69, 9.17) is 0 Å². The van der Waals surface area contributed by atoms with Crippen molar-refractivity contribution >= 4 is 27.5 Å². The van der Waals surface area contributed by atoms with Crippen molar-refractivity contribution in [2.24, 2.45) is 5.92 Å². The molecule has 3 rings (SSSR count). The number of fused-ring (bicyclic) bond motifs is 1. The van der Waals surface area contributed by atoms with E-state index in [1.807, 2.05) is 36.4 Å². The number of nitrogens with one attached hydrogen (secondary N) is 1. The smallest absolute Gasteiger partial charge is 0.251 e. The summed E-state index contributed by atoms with van der Waals surface area (Å²) in [6.45, 7) is 4.23. The van der Waals surface area contributed by atoms with Crippen LogP contribution in [0.4, 0.5) is 0 Å². The quantitative estimate of drug-likeness (QED) is 0.775. The lowest BCUT2D eigenvalue weighted by Gasteiger charge is -2.23. The van der Waals surface area contributed by atoms with Crippen LogP contribution in [-0.2, 0) is 0 Å². The molecule has 1 aromatic heterocycles. The van der Waals surface area contributed by atoms with Gasteiger partial charge >= 0.3 is 0 Å². The van der Waals surface area contributed by atoms with Crippen molar-refractivity contribution in [3.05, 3.63) is 65.2 Å². The molecule has 1 atom stereocenters. The number of amides is 1. The van der Waals surface area contributed by atoms with E-state index in [0.29, 0.717) is 11.5 Å². The van der Waals surface area contributed by atoms with E-state index in [0.717, 1.165) is 15.8 Å².